The van der Waals surface area contributed by atoms with E-state index >= 15 is 0 Å². The van der Waals surface area contributed by atoms with Gasteiger partial charge in [0.25, 0.3) is 0 Å². The van der Waals surface area contributed by atoms with Crippen LogP contribution in [0.5, 0.6) is 0 Å². The Labute approximate surface area is 122 Å². The topological polar surface area (TPSA) is 49.8 Å². The number of rotatable bonds is 4. The second kappa shape index (κ2) is 6.42. The number of hydrogen-bond acceptors (Lipinski definition) is 4. The molecule has 1 saturated carbocycles. The van der Waals surface area contributed by atoms with Crippen LogP contribution < -0.4 is 10.6 Å². The summed E-state index contributed by atoms with van der Waals surface area (Å²) in [6.07, 6.45) is 4.69. The summed E-state index contributed by atoms with van der Waals surface area (Å²) in [4.78, 5) is 9.21. The van der Waals surface area contributed by atoms with E-state index in [4.69, 9.17) is 0 Å². The molecule has 4 heteroatoms. The summed E-state index contributed by atoms with van der Waals surface area (Å²) in [6.45, 7) is 8.89. The molecule has 112 valence electrons. The van der Waals surface area contributed by atoms with E-state index in [1.165, 1.54) is 19.3 Å². The van der Waals surface area contributed by atoms with Crippen molar-refractivity contribution in [2.75, 3.05) is 17.7 Å². The lowest BCUT2D eigenvalue weighted by atomic mass is 9.80. The van der Waals surface area contributed by atoms with Crippen LogP contribution in [0.15, 0.2) is 0 Å². The minimum atomic E-state index is 0.539. The Kier molecular flexibility index (Phi) is 4.84. The molecule has 4 nitrogen and oxygen atoms in total. The molecule has 0 spiro atoms. The van der Waals surface area contributed by atoms with Crippen molar-refractivity contribution >= 4 is 11.6 Å². The van der Waals surface area contributed by atoms with E-state index in [9.17, 15) is 0 Å². The van der Waals surface area contributed by atoms with Crippen molar-refractivity contribution < 1.29 is 0 Å². The van der Waals surface area contributed by atoms with Gasteiger partial charge in [0.05, 0.1) is 0 Å². The minimum Gasteiger partial charge on any atom is -0.373 e. The number of nitrogens with zero attached hydrogens (tertiary/aromatic N) is 2. The average Bonchev–Trinajstić information content (AvgIpc) is 2.40. The first-order valence-electron chi connectivity index (χ1n) is 7.85. The van der Waals surface area contributed by atoms with Crippen LogP contribution in [0.2, 0.25) is 0 Å². The standard InChI is InChI=1S/C16H28N4/c1-6-14-19-15(17-5)12(4)16(20-14)18-13-8-10(2)7-11(3)9-13/h10-11,13H,6-9H2,1-5H3,(H2,17,18,19,20). The zero-order valence-electron chi connectivity index (χ0n) is 13.5. The molecule has 0 saturated heterocycles. The SMILES string of the molecule is CCc1nc(NC)c(C)c(NC2CC(C)CC(C)C2)n1. The average molecular weight is 276 g/mol. The predicted octanol–water partition coefficient (Wildman–Crippen LogP) is 3.63. The second-order valence-corrected chi connectivity index (χ2v) is 6.32. The molecular formula is C16H28N4. The van der Waals surface area contributed by atoms with Gasteiger partial charge in [0.15, 0.2) is 0 Å². The van der Waals surface area contributed by atoms with E-state index in [0.29, 0.717) is 6.04 Å². The molecule has 2 atom stereocenters. The summed E-state index contributed by atoms with van der Waals surface area (Å²) in [6, 6.07) is 0.539. The van der Waals surface area contributed by atoms with Crippen molar-refractivity contribution in [3.63, 3.8) is 0 Å². The van der Waals surface area contributed by atoms with Crippen LogP contribution in [0.25, 0.3) is 0 Å². The quantitative estimate of drug-likeness (QED) is 0.881. The van der Waals surface area contributed by atoms with Crippen LogP contribution in [0.1, 0.15) is 51.4 Å². The molecule has 0 amide bonds. The van der Waals surface area contributed by atoms with E-state index < -0.39 is 0 Å². The smallest absolute Gasteiger partial charge is 0.134 e. The fourth-order valence-electron chi connectivity index (χ4n) is 3.36. The van der Waals surface area contributed by atoms with Gasteiger partial charge in [0.1, 0.15) is 17.5 Å². The van der Waals surface area contributed by atoms with Gasteiger partial charge in [-0.3, -0.25) is 0 Å². The van der Waals surface area contributed by atoms with Crippen LogP contribution in [-0.2, 0) is 6.42 Å². The maximum Gasteiger partial charge on any atom is 0.134 e. The van der Waals surface area contributed by atoms with E-state index in [1.807, 2.05) is 7.05 Å². The maximum atomic E-state index is 4.68. The van der Waals surface area contributed by atoms with Gasteiger partial charge in [-0.1, -0.05) is 20.8 Å². The summed E-state index contributed by atoms with van der Waals surface area (Å²) >= 11 is 0. The number of hydrogen-bond donors (Lipinski definition) is 2. The van der Waals surface area contributed by atoms with Crippen LogP contribution >= 0.6 is 0 Å². The predicted molar refractivity (Wildman–Crippen MR) is 85.3 cm³/mol. The third kappa shape index (κ3) is 3.41. The van der Waals surface area contributed by atoms with Crippen molar-refractivity contribution in [1.82, 2.24) is 9.97 Å². The van der Waals surface area contributed by atoms with Crippen LogP contribution in [0, 0.1) is 18.8 Å². The molecule has 0 radical (unpaired) electrons. The molecule has 2 N–H and O–H groups in total. The van der Waals surface area contributed by atoms with Gasteiger partial charge in [0, 0.05) is 25.1 Å². The number of aryl methyl sites for hydroxylation is 1. The first-order chi connectivity index (χ1) is 9.53. The molecule has 0 aromatic carbocycles. The summed E-state index contributed by atoms with van der Waals surface area (Å²) in [5.41, 5.74) is 1.12. The van der Waals surface area contributed by atoms with Gasteiger partial charge in [-0.25, -0.2) is 9.97 Å². The fourth-order valence-corrected chi connectivity index (χ4v) is 3.36. The Bertz CT molecular complexity index is 448. The minimum absolute atomic E-state index is 0.539. The normalized spacial score (nSPS) is 26.4. The monoisotopic (exact) mass is 276 g/mol. The summed E-state index contributed by atoms with van der Waals surface area (Å²) in [5.74, 6) is 4.45. The number of aromatic nitrogens is 2. The van der Waals surface area contributed by atoms with E-state index in [1.54, 1.807) is 0 Å². The number of anilines is 2. The molecule has 20 heavy (non-hydrogen) atoms. The third-order valence-corrected chi connectivity index (χ3v) is 4.26. The van der Waals surface area contributed by atoms with Crippen molar-refractivity contribution in [3.8, 4) is 0 Å². The van der Waals surface area contributed by atoms with Crippen molar-refractivity contribution in [2.24, 2.45) is 11.8 Å². The molecular weight excluding hydrogens is 248 g/mol. The van der Waals surface area contributed by atoms with Crippen LogP contribution in [0.3, 0.4) is 0 Å². The third-order valence-electron chi connectivity index (χ3n) is 4.26. The Morgan fingerprint density at radius 2 is 1.65 bits per heavy atom. The van der Waals surface area contributed by atoms with Crippen LogP contribution in [-0.4, -0.2) is 23.1 Å². The molecule has 1 aliphatic carbocycles. The lowest BCUT2D eigenvalue weighted by Crippen LogP contribution is -2.31. The fraction of sp³-hybridized carbons (Fsp3) is 0.750. The lowest BCUT2D eigenvalue weighted by molar-refractivity contribution is 0.280. The largest absolute Gasteiger partial charge is 0.373 e. The Morgan fingerprint density at radius 1 is 1.05 bits per heavy atom. The summed E-state index contributed by atoms with van der Waals surface area (Å²) < 4.78 is 0. The van der Waals surface area contributed by atoms with Crippen LogP contribution in [0.4, 0.5) is 11.6 Å². The molecule has 1 fully saturated rings. The molecule has 0 bridgehead atoms. The van der Waals surface area contributed by atoms with Gasteiger partial charge < -0.3 is 10.6 Å². The highest BCUT2D eigenvalue weighted by molar-refractivity contribution is 5.57. The Balaban J connectivity index is 2.19. The molecule has 2 unspecified atom stereocenters. The van der Waals surface area contributed by atoms with Gasteiger partial charge in [-0.2, -0.15) is 0 Å². The van der Waals surface area contributed by atoms with E-state index in [-0.39, 0.29) is 0 Å². The van der Waals surface area contributed by atoms with E-state index in [2.05, 4.69) is 48.3 Å². The highest BCUT2D eigenvalue weighted by atomic mass is 15.1. The maximum absolute atomic E-state index is 4.68. The molecule has 1 aromatic heterocycles. The second-order valence-electron chi connectivity index (χ2n) is 6.32. The molecule has 1 heterocycles. The van der Waals surface area contributed by atoms with Crippen molar-refractivity contribution in [3.05, 3.63) is 11.4 Å². The van der Waals surface area contributed by atoms with Crippen molar-refractivity contribution in [1.29, 1.82) is 0 Å². The molecule has 0 aliphatic heterocycles. The highest BCUT2D eigenvalue weighted by Gasteiger charge is 2.24. The first kappa shape index (κ1) is 15.1. The van der Waals surface area contributed by atoms with Gasteiger partial charge in [-0.15, -0.1) is 0 Å². The summed E-state index contributed by atoms with van der Waals surface area (Å²) in [5, 5.41) is 6.84. The zero-order valence-corrected chi connectivity index (χ0v) is 13.5. The highest BCUT2D eigenvalue weighted by Crippen LogP contribution is 2.31. The van der Waals surface area contributed by atoms with Crippen molar-refractivity contribution in [2.45, 2.75) is 59.4 Å². The zero-order chi connectivity index (χ0) is 14.7. The molecule has 1 aliphatic rings. The molecule has 2 rings (SSSR count). The lowest BCUT2D eigenvalue weighted by Gasteiger charge is -2.32. The van der Waals surface area contributed by atoms with E-state index in [0.717, 1.165) is 41.3 Å². The Morgan fingerprint density at radius 3 is 2.20 bits per heavy atom. The summed E-state index contributed by atoms with van der Waals surface area (Å²) in [7, 11) is 1.92. The number of nitrogens with one attached hydrogen (secondary N) is 2. The van der Waals surface area contributed by atoms with Gasteiger partial charge in [0.2, 0.25) is 0 Å². The Hall–Kier alpha value is -1.32. The first-order valence-corrected chi connectivity index (χ1v) is 7.85. The van der Waals surface area contributed by atoms with Gasteiger partial charge >= 0.3 is 0 Å². The molecule has 1 aromatic rings. The van der Waals surface area contributed by atoms with Gasteiger partial charge in [-0.05, 0) is 38.0 Å².